The predicted molar refractivity (Wildman–Crippen MR) is 125 cm³/mol. The number of nitro groups is 1. The average Bonchev–Trinajstić information content (AvgIpc) is 2.82. The number of rotatable bonds is 5. The zero-order valence-electron chi connectivity index (χ0n) is 18.9. The Kier molecular flexibility index (Phi) is 6.49. The van der Waals surface area contributed by atoms with E-state index in [-0.39, 0.29) is 17.0 Å². The summed E-state index contributed by atoms with van der Waals surface area (Å²) >= 11 is 0. The van der Waals surface area contributed by atoms with E-state index in [0.717, 1.165) is 16.5 Å². The molecule has 1 fully saturated rings. The van der Waals surface area contributed by atoms with E-state index in [1.807, 2.05) is 0 Å². The van der Waals surface area contributed by atoms with Crippen molar-refractivity contribution in [1.82, 2.24) is 5.32 Å². The summed E-state index contributed by atoms with van der Waals surface area (Å²) in [6.45, 7) is 1.78. The molecule has 0 saturated carbocycles. The van der Waals surface area contributed by atoms with Crippen molar-refractivity contribution in [3.8, 4) is 11.5 Å². The molecule has 0 aromatic heterocycles. The van der Waals surface area contributed by atoms with Crippen LogP contribution in [0.1, 0.15) is 16.7 Å². The fourth-order valence-corrected chi connectivity index (χ4v) is 3.51. The standard InChI is InChI=1S/C25H16F3N3O6/c1-14-3-2-4-17(11-14)30-23(33)19(22(32)29-24(30)34)12-15-5-8-18(9-6-15)37-21-10-7-16(25(26,27)28)13-20(21)31(35)36/h2-13H,1H3,(H,29,32,34)/b19-12+. The van der Waals surface area contributed by atoms with Gasteiger partial charge in [0.2, 0.25) is 5.75 Å². The molecule has 0 radical (unpaired) electrons. The van der Waals surface area contributed by atoms with Crippen molar-refractivity contribution < 1.29 is 37.2 Å². The van der Waals surface area contributed by atoms with E-state index in [1.165, 1.54) is 30.3 Å². The normalized spacial score (nSPS) is 15.1. The predicted octanol–water partition coefficient (Wildman–Crippen LogP) is 5.38. The number of barbiturate groups is 1. The number of anilines is 1. The number of hydrogen-bond acceptors (Lipinski definition) is 6. The van der Waals surface area contributed by atoms with E-state index in [4.69, 9.17) is 4.74 Å². The van der Waals surface area contributed by atoms with Gasteiger partial charge < -0.3 is 4.74 Å². The number of carbonyl (C=O) groups is 3. The lowest BCUT2D eigenvalue weighted by atomic mass is 10.1. The lowest BCUT2D eigenvalue weighted by molar-refractivity contribution is -0.385. The van der Waals surface area contributed by atoms with Crippen LogP contribution in [0.25, 0.3) is 6.08 Å². The van der Waals surface area contributed by atoms with Crippen molar-refractivity contribution >= 4 is 35.3 Å². The molecule has 1 saturated heterocycles. The number of urea groups is 1. The number of halogens is 3. The third-order valence-corrected chi connectivity index (χ3v) is 5.26. The Labute approximate surface area is 206 Å². The second-order valence-electron chi connectivity index (χ2n) is 7.91. The molecule has 0 bridgehead atoms. The minimum absolute atomic E-state index is 0.0565. The fraction of sp³-hybridized carbons (Fsp3) is 0.0800. The summed E-state index contributed by atoms with van der Waals surface area (Å²) in [4.78, 5) is 48.7. The van der Waals surface area contributed by atoms with E-state index in [0.29, 0.717) is 17.7 Å². The number of ether oxygens (including phenoxy) is 1. The maximum Gasteiger partial charge on any atom is 0.416 e. The molecule has 0 spiro atoms. The Morgan fingerprint density at radius 1 is 1.00 bits per heavy atom. The third kappa shape index (κ3) is 5.32. The molecule has 0 unspecified atom stereocenters. The van der Waals surface area contributed by atoms with Gasteiger partial charge in [-0.25, -0.2) is 9.69 Å². The Balaban J connectivity index is 1.59. The summed E-state index contributed by atoms with van der Waals surface area (Å²) in [5, 5.41) is 13.4. The number of amides is 4. The smallest absolute Gasteiger partial charge is 0.416 e. The molecule has 1 aliphatic heterocycles. The van der Waals surface area contributed by atoms with E-state index in [2.05, 4.69) is 5.32 Å². The van der Waals surface area contributed by atoms with Crippen molar-refractivity contribution in [2.24, 2.45) is 0 Å². The van der Waals surface area contributed by atoms with Crippen LogP contribution in [0.15, 0.2) is 72.3 Å². The Morgan fingerprint density at radius 2 is 1.70 bits per heavy atom. The number of nitrogens with zero attached hydrogens (tertiary/aromatic N) is 2. The molecule has 3 aromatic rings. The third-order valence-electron chi connectivity index (χ3n) is 5.26. The van der Waals surface area contributed by atoms with Crippen LogP contribution in [0.4, 0.5) is 29.3 Å². The van der Waals surface area contributed by atoms with Crippen LogP contribution in [0.5, 0.6) is 11.5 Å². The molecule has 12 heteroatoms. The molecule has 4 rings (SSSR count). The topological polar surface area (TPSA) is 119 Å². The van der Waals surface area contributed by atoms with Gasteiger partial charge in [-0.05, 0) is 60.5 Å². The highest BCUT2D eigenvalue weighted by Crippen LogP contribution is 2.38. The number of carbonyl (C=O) groups excluding carboxylic acids is 3. The SMILES string of the molecule is Cc1cccc(N2C(=O)NC(=O)/C(=C\c3ccc(Oc4ccc(C(F)(F)F)cc4[N+](=O)[O-])cc3)C2=O)c1. The van der Waals surface area contributed by atoms with Gasteiger partial charge in [-0.15, -0.1) is 0 Å². The van der Waals surface area contributed by atoms with Gasteiger partial charge >= 0.3 is 17.9 Å². The Morgan fingerprint density at radius 3 is 2.32 bits per heavy atom. The van der Waals surface area contributed by atoms with Crippen LogP contribution >= 0.6 is 0 Å². The number of nitrogens with one attached hydrogen (secondary N) is 1. The first-order chi connectivity index (χ1) is 17.4. The number of aryl methyl sites for hydroxylation is 1. The van der Waals surface area contributed by atoms with Gasteiger partial charge in [0, 0.05) is 6.07 Å². The van der Waals surface area contributed by atoms with Crippen molar-refractivity contribution in [2.45, 2.75) is 13.1 Å². The summed E-state index contributed by atoms with van der Waals surface area (Å²) in [7, 11) is 0. The summed E-state index contributed by atoms with van der Waals surface area (Å²) in [6.07, 6.45) is -3.52. The summed E-state index contributed by atoms with van der Waals surface area (Å²) in [5.41, 5.74) is -0.944. The number of nitro benzene ring substituents is 1. The largest absolute Gasteiger partial charge is 0.450 e. The van der Waals surface area contributed by atoms with Gasteiger partial charge in [-0.3, -0.25) is 25.0 Å². The molecule has 3 aromatic carbocycles. The van der Waals surface area contributed by atoms with Crippen LogP contribution < -0.4 is 15.0 Å². The summed E-state index contributed by atoms with van der Waals surface area (Å²) in [6, 6.07) is 13.1. The highest BCUT2D eigenvalue weighted by molar-refractivity contribution is 6.39. The highest BCUT2D eigenvalue weighted by Gasteiger charge is 2.37. The van der Waals surface area contributed by atoms with Crippen LogP contribution in [-0.4, -0.2) is 22.8 Å². The van der Waals surface area contributed by atoms with E-state index in [9.17, 15) is 37.7 Å². The molecule has 4 amide bonds. The molecule has 1 aliphatic rings. The quantitative estimate of drug-likeness (QED) is 0.213. The molecule has 1 N–H and O–H groups in total. The molecule has 0 atom stereocenters. The van der Waals surface area contributed by atoms with Gasteiger partial charge in [0.15, 0.2) is 0 Å². The maximum atomic E-state index is 13.0. The van der Waals surface area contributed by atoms with Crippen molar-refractivity contribution in [3.63, 3.8) is 0 Å². The van der Waals surface area contributed by atoms with Gasteiger partial charge in [0.05, 0.1) is 16.2 Å². The summed E-state index contributed by atoms with van der Waals surface area (Å²) in [5.74, 6) is -2.07. The lowest BCUT2D eigenvalue weighted by Crippen LogP contribution is -2.54. The minimum Gasteiger partial charge on any atom is -0.450 e. The number of hydrogen-bond donors (Lipinski definition) is 1. The number of benzene rings is 3. The molecule has 0 aliphatic carbocycles. The van der Waals surface area contributed by atoms with Gasteiger partial charge in [0.1, 0.15) is 11.3 Å². The van der Waals surface area contributed by atoms with Crippen LogP contribution in [0.3, 0.4) is 0 Å². The highest BCUT2D eigenvalue weighted by atomic mass is 19.4. The van der Waals surface area contributed by atoms with Gasteiger partial charge in [0.25, 0.3) is 11.8 Å². The van der Waals surface area contributed by atoms with Crippen LogP contribution in [0, 0.1) is 17.0 Å². The number of imide groups is 2. The van der Waals surface area contributed by atoms with Gasteiger partial charge in [-0.2, -0.15) is 13.2 Å². The minimum atomic E-state index is -4.76. The second-order valence-corrected chi connectivity index (χ2v) is 7.91. The van der Waals surface area contributed by atoms with Crippen molar-refractivity contribution in [3.05, 3.63) is 99.1 Å². The van der Waals surface area contributed by atoms with Crippen LogP contribution in [0.2, 0.25) is 0 Å². The molecular formula is C25H16F3N3O6. The molecule has 1 heterocycles. The zero-order chi connectivity index (χ0) is 26.9. The first kappa shape index (κ1) is 25.1. The monoisotopic (exact) mass is 511 g/mol. The molecule has 9 nitrogen and oxygen atoms in total. The zero-order valence-corrected chi connectivity index (χ0v) is 18.9. The van der Waals surface area contributed by atoms with Crippen molar-refractivity contribution in [1.29, 1.82) is 0 Å². The fourth-order valence-electron chi connectivity index (χ4n) is 3.51. The first-order valence-corrected chi connectivity index (χ1v) is 10.6. The summed E-state index contributed by atoms with van der Waals surface area (Å²) < 4.78 is 44.1. The average molecular weight is 511 g/mol. The molecule has 37 heavy (non-hydrogen) atoms. The maximum absolute atomic E-state index is 13.0. The van der Waals surface area contributed by atoms with Gasteiger partial charge in [-0.1, -0.05) is 24.3 Å². The molecular weight excluding hydrogens is 495 g/mol. The second kappa shape index (κ2) is 9.57. The first-order valence-electron chi connectivity index (χ1n) is 10.6. The molecule has 188 valence electrons. The van der Waals surface area contributed by atoms with E-state index < -0.39 is 45.9 Å². The Hall–Kier alpha value is -5.00. The van der Waals surface area contributed by atoms with Crippen molar-refractivity contribution in [2.75, 3.05) is 4.90 Å². The lowest BCUT2D eigenvalue weighted by Gasteiger charge is -2.26. The Bertz CT molecular complexity index is 1470. The van der Waals surface area contributed by atoms with Crippen LogP contribution in [-0.2, 0) is 15.8 Å². The van der Waals surface area contributed by atoms with E-state index >= 15 is 0 Å². The number of alkyl halides is 3. The van der Waals surface area contributed by atoms with E-state index in [1.54, 1.807) is 31.2 Å².